The summed E-state index contributed by atoms with van der Waals surface area (Å²) in [5.41, 5.74) is 4.06. The highest BCUT2D eigenvalue weighted by atomic mass is 16.5. The highest BCUT2D eigenvalue weighted by molar-refractivity contribution is 5.98. The van der Waals surface area contributed by atoms with E-state index in [1.807, 2.05) is 49.4 Å². The number of amides is 2. The molecule has 2 amide bonds. The maximum absolute atomic E-state index is 12.8. The number of nitrogens with zero attached hydrogens (tertiary/aromatic N) is 1. The minimum atomic E-state index is -0.319. The molecule has 0 spiro atoms. The maximum atomic E-state index is 12.8. The van der Waals surface area contributed by atoms with Gasteiger partial charge in [0.15, 0.2) is 0 Å². The van der Waals surface area contributed by atoms with Crippen molar-refractivity contribution in [3.63, 3.8) is 0 Å². The van der Waals surface area contributed by atoms with Crippen molar-refractivity contribution < 1.29 is 14.3 Å². The number of anilines is 1. The lowest BCUT2D eigenvalue weighted by molar-refractivity contribution is -0.128. The molecule has 1 fully saturated rings. The van der Waals surface area contributed by atoms with Crippen LogP contribution in [-0.4, -0.2) is 30.4 Å². The Balaban J connectivity index is 1.65. The summed E-state index contributed by atoms with van der Waals surface area (Å²) >= 11 is 0. The summed E-state index contributed by atoms with van der Waals surface area (Å²) in [6.07, 6.45) is 1.11. The number of hydrogen-bond acceptors (Lipinski definition) is 3. The van der Waals surface area contributed by atoms with Gasteiger partial charge in [0.05, 0.1) is 13.0 Å². The monoisotopic (exact) mass is 366 g/mol. The zero-order valence-electron chi connectivity index (χ0n) is 16.1. The van der Waals surface area contributed by atoms with Crippen LogP contribution in [0.5, 0.6) is 5.75 Å². The van der Waals surface area contributed by atoms with Crippen molar-refractivity contribution in [1.29, 1.82) is 0 Å². The molecular formula is C22H26N2O3. The summed E-state index contributed by atoms with van der Waals surface area (Å²) in [5.74, 6) is 0.407. The molecule has 1 N–H and O–H groups in total. The van der Waals surface area contributed by atoms with E-state index in [0.29, 0.717) is 13.1 Å². The highest BCUT2D eigenvalue weighted by Crippen LogP contribution is 2.26. The molecule has 3 rings (SSSR count). The zero-order valence-corrected chi connectivity index (χ0v) is 16.1. The molecule has 0 radical (unpaired) electrons. The fraction of sp³-hybridized carbons (Fsp3) is 0.364. The van der Waals surface area contributed by atoms with Crippen molar-refractivity contribution in [2.75, 3.05) is 19.0 Å². The van der Waals surface area contributed by atoms with Crippen molar-refractivity contribution in [3.05, 3.63) is 59.2 Å². The second-order valence-corrected chi connectivity index (χ2v) is 6.98. The summed E-state index contributed by atoms with van der Waals surface area (Å²) in [7, 11) is 1.63. The normalized spacial score (nSPS) is 16.5. The Morgan fingerprint density at radius 3 is 2.63 bits per heavy atom. The van der Waals surface area contributed by atoms with Crippen LogP contribution < -0.4 is 10.1 Å². The molecule has 5 heteroatoms. The van der Waals surface area contributed by atoms with Crippen molar-refractivity contribution in [2.24, 2.45) is 5.92 Å². The van der Waals surface area contributed by atoms with Crippen LogP contribution in [0.25, 0.3) is 0 Å². The van der Waals surface area contributed by atoms with Gasteiger partial charge in [0.1, 0.15) is 5.75 Å². The fourth-order valence-corrected chi connectivity index (χ4v) is 3.48. The van der Waals surface area contributed by atoms with Crippen LogP contribution in [-0.2, 0) is 22.6 Å². The largest absolute Gasteiger partial charge is 0.497 e. The van der Waals surface area contributed by atoms with Gasteiger partial charge in [-0.2, -0.15) is 0 Å². The summed E-state index contributed by atoms with van der Waals surface area (Å²) in [4.78, 5) is 26.9. The van der Waals surface area contributed by atoms with Crippen LogP contribution in [0.4, 0.5) is 5.69 Å². The minimum Gasteiger partial charge on any atom is -0.497 e. The molecule has 1 heterocycles. The zero-order chi connectivity index (χ0) is 19.4. The second-order valence-electron chi connectivity index (χ2n) is 6.98. The number of carbonyl (C=O) groups is 2. The molecule has 142 valence electrons. The third-order valence-electron chi connectivity index (χ3n) is 5.11. The number of carbonyl (C=O) groups excluding carboxylic acids is 2. The summed E-state index contributed by atoms with van der Waals surface area (Å²) in [6.45, 7) is 5.02. The van der Waals surface area contributed by atoms with Crippen molar-refractivity contribution in [1.82, 2.24) is 4.90 Å². The first-order valence-corrected chi connectivity index (χ1v) is 9.32. The fourth-order valence-electron chi connectivity index (χ4n) is 3.48. The average Bonchev–Trinajstić information content (AvgIpc) is 3.04. The summed E-state index contributed by atoms with van der Waals surface area (Å²) in [6, 6.07) is 13.7. The topological polar surface area (TPSA) is 58.6 Å². The molecule has 1 unspecified atom stereocenters. The number of ether oxygens (including phenoxy) is 1. The van der Waals surface area contributed by atoms with E-state index in [1.54, 1.807) is 12.0 Å². The lowest BCUT2D eigenvalue weighted by atomic mass is 10.0. The smallest absolute Gasteiger partial charge is 0.229 e. The van der Waals surface area contributed by atoms with Crippen molar-refractivity contribution in [3.8, 4) is 5.75 Å². The van der Waals surface area contributed by atoms with Gasteiger partial charge in [0.25, 0.3) is 0 Å². The number of methoxy groups -OCH3 is 1. The first-order valence-electron chi connectivity index (χ1n) is 9.32. The minimum absolute atomic E-state index is 0.0199. The molecule has 0 saturated carbocycles. The number of benzene rings is 2. The SMILES string of the molecule is CCc1cccc(C)c1NC(=O)C1CC(=O)N(Cc2ccc(OC)cc2)C1. The van der Waals surface area contributed by atoms with Gasteiger partial charge in [-0.3, -0.25) is 9.59 Å². The second kappa shape index (κ2) is 8.25. The quantitative estimate of drug-likeness (QED) is 0.850. The number of likely N-dealkylation sites (tertiary alicyclic amines) is 1. The Bertz CT molecular complexity index is 830. The third kappa shape index (κ3) is 4.30. The first-order chi connectivity index (χ1) is 13.0. The Hall–Kier alpha value is -2.82. The Morgan fingerprint density at radius 2 is 1.96 bits per heavy atom. The lowest BCUT2D eigenvalue weighted by Gasteiger charge is -2.18. The van der Waals surface area contributed by atoms with Crippen LogP contribution in [0.2, 0.25) is 0 Å². The molecule has 1 aliphatic heterocycles. The van der Waals surface area contributed by atoms with E-state index >= 15 is 0 Å². The van der Waals surface area contributed by atoms with E-state index < -0.39 is 0 Å². The van der Waals surface area contributed by atoms with E-state index in [9.17, 15) is 9.59 Å². The van der Waals surface area contributed by atoms with E-state index in [0.717, 1.165) is 34.5 Å². The van der Waals surface area contributed by atoms with Gasteiger partial charge < -0.3 is 15.0 Å². The molecule has 27 heavy (non-hydrogen) atoms. The van der Waals surface area contributed by atoms with Crippen LogP contribution >= 0.6 is 0 Å². The van der Waals surface area contributed by atoms with Crippen LogP contribution in [0.15, 0.2) is 42.5 Å². The molecule has 5 nitrogen and oxygen atoms in total. The van der Waals surface area contributed by atoms with Crippen LogP contribution in [0.1, 0.15) is 30.0 Å². The maximum Gasteiger partial charge on any atom is 0.229 e. The highest BCUT2D eigenvalue weighted by Gasteiger charge is 2.34. The van der Waals surface area contributed by atoms with Crippen molar-refractivity contribution >= 4 is 17.5 Å². The van der Waals surface area contributed by atoms with Gasteiger partial charge in [0, 0.05) is 25.2 Å². The molecule has 1 atom stereocenters. The number of hydrogen-bond donors (Lipinski definition) is 1. The molecule has 2 aromatic carbocycles. The summed E-state index contributed by atoms with van der Waals surface area (Å²) < 4.78 is 5.16. The predicted molar refractivity (Wildman–Crippen MR) is 106 cm³/mol. The van der Waals surface area contributed by atoms with E-state index in [2.05, 4.69) is 12.2 Å². The van der Waals surface area contributed by atoms with Crippen LogP contribution in [0, 0.1) is 12.8 Å². The third-order valence-corrected chi connectivity index (χ3v) is 5.11. The molecule has 0 bridgehead atoms. The molecule has 1 aliphatic rings. The van der Waals surface area contributed by atoms with Gasteiger partial charge in [-0.1, -0.05) is 37.3 Å². The van der Waals surface area contributed by atoms with E-state index in [-0.39, 0.29) is 24.2 Å². The van der Waals surface area contributed by atoms with Crippen molar-refractivity contribution in [2.45, 2.75) is 33.2 Å². The lowest BCUT2D eigenvalue weighted by Crippen LogP contribution is -2.28. The number of aryl methyl sites for hydroxylation is 2. The van der Waals surface area contributed by atoms with E-state index in [1.165, 1.54) is 0 Å². The number of rotatable bonds is 6. The molecule has 0 aliphatic carbocycles. The first kappa shape index (κ1) is 19.0. The van der Waals surface area contributed by atoms with Gasteiger partial charge >= 0.3 is 0 Å². The summed E-state index contributed by atoms with van der Waals surface area (Å²) in [5, 5.41) is 3.06. The van der Waals surface area contributed by atoms with E-state index in [4.69, 9.17) is 4.74 Å². The van der Waals surface area contributed by atoms with Gasteiger partial charge in [-0.05, 0) is 42.2 Å². The molecular weight excluding hydrogens is 340 g/mol. The number of nitrogens with one attached hydrogen (secondary N) is 1. The Labute approximate surface area is 160 Å². The molecule has 0 aromatic heterocycles. The van der Waals surface area contributed by atoms with Gasteiger partial charge in [0.2, 0.25) is 11.8 Å². The molecule has 2 aromatic rings. The molecule has 1 saturated heterocycles. The number of para-hydroxylation sites is 1. The van der Waals surface area contributed by atoms with Gasteiger partial charge in [-0.25, -0.2) is 0 Å². The van der Waals surface area contributed by atoms with Crippen LogP contribution in [0.3, 0.4) is 0 Å². The predicted octanol–water partition coefficient (Wildman–Crippen LogP) is 3.55. The van der Waals surface area contributed by atoms with Gasteiger partial charge in [-0.15, -0.1) is 0 Å². The Kier molecular flexibility index (Phi) is 5.79. The Morgan fingerprint density at radius 1 is 1.22 bits per heavy atom. The average molecular weight is 366 g/mol. The standard InChI is InChI=1S/C22H26N2O3/c1-4-17-7-5-6-15(2)21(17)23-22(26)18-12-20(25)24(14-18)13-16-8-10-19(27-3)11-9-16/h5-11,18H,4,12-14H2,1-3H3,(H,23,26).